The summed E-state index contributed by atoms with van der Waals surface area (Å²) < 4.78 is 31.3. The third-order valence-corrected chi connectivity index (χ3v) is 8.89. The Kier molecular flexibility index (Phi) is 4.32. The molecule has 2 aliphatic carbocycles. The van der Waals surface area contributed by atoms with E-state index in [1.165, 1.54) is 5.57 Å². The average Bonchev–Trinajstić information content (AvgIpc) is 3.62. The minimum atomic E-state index is -0.394. The smallest absolute Gasteiger partial charge is 0.334 e. The van der Waals surface area contributed by atoms with E-state index in [0.29, 0.717) is 18.5 Å². The van der Waals surface area contributed by atoms with E-state index in [2.05, 4.69) is 27.0 Å². The lowest BCUT2D eigenvalue weighted by Gasteiger charge is -2.42. The number of rotatable bonds is 8. The van der Waals surface area contributed by atoms with Gasteiger partial charge in [-0.15, -0.1) is 11.8 Å². The van der Waals surface area contributed by atoms with Crippen LogP contribution in [-0.4, -0.2) is 66.0 Å². The Hall–Kier alpha value is -0.600. The molecule has 3 saturated heterocycles. The number of hydrogen-bond acceptors (Lipinski definition) is 7. The molecular formula is C23H32O6S. The maximum atomic E-state index is 12.4. The van der Waals surface area contributed by atoms with Gasteiger partial charge in [0.05, 0.1) is 12.0 Å². The van der Waals surface area contributed by atoms with E-state index in [0.717, 1.165) is 37.7 Å². The minimum absolute atomic E-state index is 0.0829. The van der Waals surface area contributed by atoms with Crippen LogP contribution in [0.4, 0.5) is 0 Å². The third kappa shape index (κ3) is 2.29. The van der Waals surface area contributed by atoms with Crippen molar-refractivity contribution in [2.45, 2.75) is 94.1 Å². The number of epoxide rings is 3. The van der Waals surface area contributed by atoms with Gasteiger partial charge in [-0.25, -0.2) is 4.79 Å². The topological polar surface area (TPSA) is 73.1 Å². The standard InChI is InChI=1S/C23H32O6S/c1-5-6-7-14-15(10-25-19(14)24)13-8-16-23(27-16)20(26-11-30-4)22(12(2)3)18(29-22)17-21(23,9-13)28-17/h12-13,16-18,20H,5-11H2,1-4H3/t13-,16?,17+,18+,20-,21+,22+,23-/m1/s1. The molecule has 4 aliphatic heterocycles. The molecule has 2 spiro atoms. The fourth-order valence-corrected chi connectivity index (χ4v) is 7.25. The third-order valence-electron chi connectivity index (χ3n) is 8.52. The van der Waals surface area contributed by atoms with Gasteiger partial charge in [-0.3, -0.25) is 0 Å². The number of ether oxygens (including phenoxy) is 5. The fourth-order valence-electron chi connectivity index (χ4n) is 6.98. The van der Waals surface area contributed by atoms with Crippen molar-refractivity contribution in [2.75, 3.05) is 18.8 Å². The van der Waals surface area contributed by atoms with Gasteiger partial charge in [0.25, 0.3) is 0 Å². The normalized spacial score (nSPS) is 49.9. The molecule has 6 aliphatic rings. The van der Waals surface area contributed by atoms with Crippen LogP contribution in [0.3, 0.4) is 0 Å². The molecule has 0 amide bonds. The van der Waals surface area contributed by atoms with Gasteiger partial charge in [-0.2, -0.15) is 0 Å². The van der Waals surface area contributed by atoms with Gasteiger partial charge in [-0.1, -0.05) is 27.2 Å². The number of hydrogen-bond donors (Lipinski definition) is 0. The summed E-state index contributed by atoms with van der Waals surface area (Å²) >= 11 is 1.69. The molecule has 1 unspecified atom stereocenters. The molecule has 0 aromatic heterocycles. The molecule has 0 N–H and O–H groups in total. The van der Waals surface area contributed by atoms with E-state index in [4.69, 9.17) is 23.7 Å². The van der Waals surface area contributed by atoms with Crippen molar-refractivity contribution in [3.63, 3.8) is 0 Å². The van der Waals surface area contributed by atoms with Crippen molar-refractivity contribution >= 4 is 17.7 Å². The molecule has 6 rings (SSSR count). The van der Waals surface area contributed by atoms with Gasteiger partial charge in [0.15, 0.2) is 5.60 Å². The quantitative estimate of drug-likeness (QED) is 0.329. The SMILES string of the molecule is CCCCC1=C([C@@H]2CC3O[C@@]34[C@H](OCSC)[C@@]3(C(C)C)O[C@H]3[C@@H]3O[C@@]34C2)COC1=O. The summed E-state index contributed by atoms with van der Waals surface area (Å²) in [5.74, 6) is 1.14. The van der Waals surface area contributed by atoms with Crippen LogP contribution in [0.25, 0.3) is 0 Å². The molecule has 166 valence electrons. The molecule has 5 fully saturated rings. The van der Waals surface area contributed by atoms with Crippen molar-refractivity contribution in [3.05, 3.63) is 11.1 Å². The molecule has 2 saturated carbocycles. The molecule has 4 heterocycles. The number of fused-ring (bicyclic) bond motifs is 2. The summed E-state index contributed by atoms with van der Waals surface area (Å²) in [7, 11) is 0. The van der Waals surface area contributed by atoms with Gasteiger partial charge in [-0.05, 0) is 49.3 Å². The van der Waals surface area contributed by atoms with E-state index >= 15 is 0 Å². The second-order valence-corrected chi connectivity index (χ2v) is 11.0. The van der Waals surface area contributed by atoms with Gasteiger partial charge < -0.3 is 23.7 Å². The number of esters is 1. The predicted octanol–water partition coefficient (Wildman–Crippen LogP) is 3.23. The first-order valence-electron chi connectivity index (χ1n) is 11.5. The van der Waals surface area contributed by atoms with Crippen molar-refractivity contribution in [1.82, 2.24) is 0 Å². The molecule has 8 atom stereocenters. The van der Waals surface area contributed by atoms with Crippen LogP contribution in [-0.2, 0) is 28.5 Å². The Morgan fingerprint density at radius 1 is 1.23 bits per heavy atom. The lowest BCUT2D eigenvalue weighted by molar-refractivity contribution is -0.136. The van der Waals surface area contributed by atoms with Gasteiger partial charge in [0.1, 0.15) is 36.1 Å². The zero-order chi connectivity index (χ0) is 20.9. The molecule has 0 radical (unpaired) electrons. The maximum Gasteiger partial charge on any atom is 0.334 e. The lowest BCUT2D eigenvalue weighted by Crippen LogP contribution is -2.63. The fraction of sp³-hybridized carbons (Fsp3) is 0.870. The van der Waals surface area contributed by atoms with Gasteiger partial charge in [0.2, 0.25) is 0 Å². The highest BCUT2D eigenvalue weighted by atomic mass is 32.2. The summed E-state index contributed by atoms with van der Waals surface area (Å²) in [6.45, 7) is 7.03. The Balaban J connectivity index is 1.32. The van der Waals surface area contributed by atoms with Crippen molar-refractivity contribution in [1.29, 1.82) is 0 Å². The Morgan fingerprint density at radius 3 is 2.80 bits per heavy atom. The van der Waals surface area contributed by atoms with E-state index in [1.54, 1.807) is 11.8 Å². The van der Waals surface area contributed by atoms with Crippen LogP contribution in [0.5, 0.6) is 0 Å². The van der Waals surface area contributed by atoms with Crippen LogP contribution in [0.15, 0.2) is 11.1 Å². The van der Waals surface area contributed by atoms with Crippen molar-refractivity contribution in [2.24, 2.45) is 11.8 Å². The van der Waals surface area contributed by atoms with Crippen LogP contribution < -0.4 is 0 Å². The maximum absolute atomic E-state index is 12.4. The van der Waals surface area contributed by atoms with Crippen molar-refractivity contribution in [3.8, 4) is 0 Å². The first kappa shape index (κ1) is 20.0. The largest absolute Gasteiger partial charge is 0.458 e. The van der Waals surface area contributed by atoms with E-state index < -0.39 is 5.60 Å². The Morgan fingerprint density at radius 2 is 2.07 bits per heavy atom. The number of thioether (sulfide) groups is 1. The molecular weight excluding hydrogens is 404 g/mol. The molecule has 0 aromatic carbocycles. The Bertz CT molecular complexity index is 812. The number of carbonyl (C=O) groups is 1. The first-order chi connectivity index (χ1) is 14.5. The number of cyclic esters (lactones) is 1. The highest BCUT2D eigenvalue weighted by Crippen LogP contribution is 2.78. The minimum Gasteiger partial charge on any atom is -0.458 e. The monoisotopic (exact) mass is 436 g/mol. The summed E-state index contributed by atoms with van der Waals surface area (Å²) in [5, 5.41) is 0. The summed E-state index contributed by atoms with van der Waals surface area (Å²) in [6, 6.07) is 0. The van der Waals surface area contributed by atoms with Crippen LogP contribution in [0, 0.1) is 11.8 Å². The second kappa shape index (κ2) is 6.47. The van der Waals surface area contributed by atoms with E-state index in [-0.39, 0.29) is 47.5 Å². The van der Waals surface area contributed by atoms with E-state index in [1.807, 2.05) is 0 Å². The molecule has 0 aromatic rings. The molecule has 6 nitrogen and oxygen atoms in total. The number of unbranched alkanes of at least 4 members (excludes halogenated alkanes) is 1. The van der Waals surface area contributed by atoms with Crippen LogP contribution in [0.1, 0.15) is 52.9 Å². The lowest BCUT2D eigenvalue weighted by atomic mass is 9.60. The zero-order valence-electron chi connectivity index (χ0n) is 18.3. The first-order valence-corrected chi connectivity index (χ1v) is 12.9. The second-order valence-electron chi connectivity index (χ2n) is 10.1. The van der Waals surface area contributed by atoms with Gasteiger partial charge in [0, 0.05) is 5.57 Å². The summed E-state index contributed by atoms with van der Waals surface area (Å²) in [5.41, 5.74) is 1.08. The highest BCUT2D eigenvalue weighted by Gasteiger charge is 2.97. The summed E-state index contributed by atoms with van der Waals surface area (Å²) in [6.07, 6.45) is 6.94. The predicted molar refractivity (Wildman–Crippen MR) is 111 cm³/mol. The zero-order valence-corrected chi connectivity index (χ0v) is 19.1. The summed E-state index contributed by atoms with van der Waals surface area (Å²) in [4.78, 5) is 12.4. The number of carbonyl (C=O) groups excluding carboxylic acids is 1. The highest BCUT2D eigenvalue weighted by molar-refractivity contribution is 7.98. The molecule has 30 heavy (non-hydrogen) atoms. The van der Waals surface area contributed by atoms with Crippen molar-refractivity contribution < 1.29 is 28.5 Å². The average molecular weight is 437 g/mol. The Labute approximate surface area is 182 Å². The molecule has 0 bridgehead atoms. The van der Waals surface area contributed by atoms with E-state index in [9.17, 15) is 4.79 Å². The van der Waals surface area contributed by atoms with Crippen LogP contribution in [0.2, 0.25) is 0 Å². The van der Waals surface area contributed by atoms with Crippen LogP contribution >= 0.6 is 11.8 Å². The molecule has 7 heteroatoms. The van der Waals surface area contributed by atoms with Gasteiger partial charge >= 0.3 is 5.97 Å².